The van der Waals surface area contributed by atoms with E-state index in [9.17, 15) is 0 Å². The molecule has 0 spiro atoms. The Kier molecular flexibility index (Phi) is 26.0. The third-order valence-corrected chi connectivity index (χ3v) is 1.68. The Hall–Kier alpha value is 0.0644. The molecule has 0 fully saturated rings. The molecule has 13 heavy (non-hydrogen) atoms. The molecule has 1 radical (unpaired) electrons. The van der Waals surface area contributed by atoms with Gasteiger partial charge in [0, 0.05) is 18.6 Å². The zero-order valence-electron chi connectivity index (χ0n) is 9.59. The smallest absolute Gasteiger partial charge is 0 e. The third kappa shape index (κ3) is 24.5. The van der Waals surface area contributed by atoms with Crippen molar-refractivity contribution in [2.24, 2.45) is 5.92 Å². The zero-order valence-corrected chi connectivity index (χ0v) is 11.0. The van der Waals surface area contributed by atoms with Crippen molar-refractivity contribution in [1.82, 2.24) is 0 Å². The second-order valence-electron chi connectivity index (χ2n) is 2.91. The second kappa shape index (κ2) is 18.0. The molecule has 0 aliphatic heterocycles. The number of rotatable bonds is 4. The normalized spacial score (nSPS) is 11.1. The Bertz CT molecular complexity index is 99.7. The fourth-order valence-electron chi connectivity index (χ4n) is 0.500. The molecule has 0 aliphatic rings. The first-order chi connectivity index (χ1) is 5.72. The van der Waals surface area contributed by atoms with Gasteiger partial charge >= 0.3 is 0 Å². The summed E-state index contributed by atoms with van der Waals surface area (Å²) in [6.07, 6.45) is 9.89. The molecule has 0 N–H and O–H groups in total. The van der Waals surface area contributed by atoms with Gasteiger partial charge in [-0.3, -0.25) is 0 Å². The summed E-state index contributed by atoms with van der Waals surface area (Å²) >= 11 is 0. The van der Waals surface area contributed by atoms with Crippen molar-refractivity contribution in [3.8, 4) is 0 Å². The molecular weight excluding hydrogens is 195 g/mol. The van der Waals surface area contributed by atoms with E-state index in [4.69, 9.17) is 0 Å². The van der Waals surface area contributed by atoms with Crippen LogP contribution in [0.3, 0.4) is 0 Å². The molecule has 0 nitrogen and oxygen atoms in total. The topological polar surface area (TPSA) is 0 Å². The van der Waals surface area contributed by atoms with Crippen molar-refractivity contribution in [2.75, 3.05) is 0 Å². The Balaban J connectivity index is -0.000000143. The van der Waals surface area contributed by atoms with Crippen LogP contribution >= 0.6 is 0 Å². The van der Waals surface area contributed by atoms with E-state index >= 15 is 0 Å². The van der Waals surface area contributed by atoms with Crippen molar-refractivity contribution < 1.29 is 18.6 Å². The molecule has 0 aromatic carbocycles. The second-order valence-corrected chi connectivity index (χ2v) is 2.91. The summed E-state index contributed by atoms with van der Waals surface area (Å²) in [4.78, 5) is 0. The number of hydrogen-bond acceptors (Lipinski definition) is 0. The predicted molar refractivity (Wildman–Crippen MR) is 59.4 cm³/mol. The van der Waals surface area contributed by atoms with Gasteiger partial charge in [-0.25, -0.2) is 0 Å². The van der Waals surface area contributed by atoms with Gasteiger partial charge in [0.15, 0.2) is 0 Å². The van der Waals surface area contributed by atoms with Gasteiger partial charge in [0.1, 0.15) is 0 Å². The van der Waals surface area contributed by atoms with Gasteiger partial charge in [0.05, 0.1) is 0 Å². The molecule has 0 rings (SSSR count). The Morgan fingerprint density at radius 3 is 1.54 bits per heavy atom. The zero-order chi connectivity index (χ0) is 9.82. The molecule has 0 heterocycles. The minimum absolute atomic E-state index is 0. The maximum Gasteiger partial charge on any atom is 0 e. The average Bonchev–Trinajstić information content (AvgIpc) is 2.14. The van der Waals surface area contributed by atoms with E-state index in [0.717, 1.165) is 0 Å². The van der Waals surface area contributed by atoms with Gasteiger partial charge in [-0.1, -0.05) is 52.3 Å². The first-order valence-electron chi connectivity index (χ1n) is 5.00. The molecule has 0 aliphatic carbocycles. The maximum absolute atomic E-state index is 3.63. The van der Waals surface area contributed by atoms with E-state index in [0.29, 0.717) is 5.92 Å². The minimum Gasteiger partial charge on any atom is -0.103 e. The molecule has 77 valence electrons. The molecule has 0 bridgehead atoms. The summed E-state index contributed by atoms with van der Waals surface area (Å²) in [5.74, 6) is 0.699. The van der Waals surface area contributed by atoms with Crippen LogP contribution in [0, 0.1) is 5.92 Å². The maximum atomic E-state index is 3.63. The SMILES string of the molecule is C=CC(C)CC.CC/C=C/CC.[V]. The van der Waals surface area contributed by atoms with E-state index in [1.807, 2.05) is 6.08 Å². The average molecular weight is 219 g/mol. The Morgan fingerprint density at radius 1 is 1.08 bits per heavy atom. The first kappa shape index (κ1) is 18.8. The molecule has 0 aromatic rings. The molecule has 1 atom stereocenters. The largest absolute Gasteiger partial charge is 0.103 e. The van der Waals surface area contributed by atoms with Crippen molar-refractivity contribution in [3.05, 3.63) is 24.8 Å². The van der Waals surface area contributed by atoms with E-state index in [2.05, 4.69) is 46.4 Å². The van der Waals surface area contributed by atoms with Gasteiger partial charge in [0.2, 0.25) is 0 Å². The van der Waals surface area contributed by atoms with Crippen LogP contribution in [0.2, 0.25) is 0 Å². The van der Waals surface area contributed by atoms with Crippen LogP contribution in [0.4, 0.5) is 0 Å². The fourth-order valence-corrected chi connectivity index (χ4v) is 0.500. The van der Waals surface area contributed by atoms with Crippen molar-refractivity contribution >= 4 is 0 Å². The quantitative estimate of drug-likeness (QED) is 0.607. The van der Waals surface area contributed by atoms with E-state index in [-0.39, 0.29) is 18.6 Å². The predicted octanol–water partition coefficient (Wildman–Crippen LogP) is 4.58. The van der Waals surface area contributed by atoms with Crippen LogP contribution < -0.4 is 0 Å². The van der Waals surface area contributed by atoms with E-state index in [1.165, 1.54) is 19.3 Å². The Labute approximate surface area is 96.4 Å². The number of hydrogen-bond donors (Lipinski definition) is 0. The first-order valence-corrected chi connectivity index (χ1v) is 5.00. The minimum atomic E-state index is 0. The standard InChI is InChI=1S/2C6H12.V/c1-4-6(3)5-2;1-3-5-6-4-2;/h4,6H,1,5H2,2-3H3;5-6H,3-4H2,1-2H3;/b;6-5+;. The van der Waals surface area contributed by atoms with Crippen molar-refractivity contribution in [1.29, 1.82) is 0 Å². The van der Waals surface area contributed by atoms with Gasteiger partial charge in [-0.15, -0.1) is 6.58 Å². The number of allylic oxidation sites excluding steroid dienone is 3. The van der Waals surface area contributed by atoms with Gasteiger partial charge < -0.3 is 0 Å². The summed E-state index contributed by atoms with van der Waals surface area (Å²) in [7, 11) is 0. The fraction of sp³-hybridized carbons (Fsp3) is 0.667. The molecule has 0 saturated carbocycles. The van der Waals surface area contributed by atoms with Crippen LogP contribution in [0.5, 0.6) is 0 Å². The summed E-state index contributed by atoms with van der Waals surface area (Å²) in [5, 5.41) is 0. The summed E-state index contributed by atoms with van der Waals surface area (Å²) in [6, 6.07) is 0. The summed E-state index contributed by atoms with van der Waals surface area (Å²) < 4.78 is 0. The van der Waals surface area contributed by atoms with Crippen LogP contribution in [-0.4, -0.2) is 0 Å². The van der Waals surface area contributed by atoms with Gasteiger partial charge in [-0.05, 0) is 18.8 Å². The van der Waals surface area contributed by atoms with Gasteiger partial charge in [0.25, 0.3) is 0 Å². The molecule has 0 aromatic heterocycles. The Morgan fingerprint density at radius 2 is 1.46 bits per heavy atom. The van der Waals surface area contributed by atoms with Crippen molar-refractivity contribution in [2.45, 2.75) is 47.0 Å². The van der Waals surface area contributed by atoms with Crippen LogP contribution in [0.15, 0.2) is 24.8 Å². The molecular formula is C12H24V. The van der Waals surface area contributed by atoms with Crippen LogP contribution in [0.25, 0.3) is 0 Å². The molecule has 1 unspecified atom stereocenters. The summed E-state index contributed by atoms with van der Waals surface area (Å²) in [6.45, 7) is 12.2. The molecule has 0 saturated heterocycles. The monoisotopic (exact) mass is 219 g/mol. The van der Waals surface area contributed by atoms with Crippen LogP contribution in [-0.2, 0) is 18.6 Å². The molecule has 1 heteroatoms. The third-order valence-electron chi connectivity index (χ3n) is 1.68. The summed E-state index contributed by atoms with van der Waals surface area (Å²) in [5.41, 5.74) is 0. The van der Waals surface area contributed by atoms with E-state index in [1.54, 1.807) is 0 Å². The van der Waals surface area contributed by atoms with Gasteiger partial charge in [-0.2, -0.15) is 0 Å². The van der Waals surface area contributed by atoms with E-state index < -0.39 is 0 Å². The van der Waals surface area contributed by atoms with Crippen molar-refractivity contribution in [3.63, 3.8) is 0 Å². The van der Waals surface area contributed by atoms with Crippen LogP contribution in [0.1, 0.15) is 47.0 Å². The molecule has 0 amide bonds.